The van der Waals surface area contributed by atoms with Crippen LogP contribution in [0.4, 0.5) is 0 Å². The Labute approximate surface area is 542 Å². The molecule has 0 radical (unpaired) electrons. The van der Waals surface area contributed by atoms with E-state index in [1.54, 1.807) is 0 Å². The molecule has 0 fully saturated rings. The van der Waals surface area contributed by atoms with E-state index in [2.05, 4.69) is 343 Å². The summed E-state index contributed by atoms with van der Waals surface area (Å²) in [5.74, 6) is 1.60. The molecule has 0 atom stereocenters. The average molecular weight is 1210 g/mol. The summed E-state index contributed by atoms with van der Waals surface area (Å²) in [6.07, 6.45) is 0. The molecule has 95 heavy (non-hydrogen) atoms. The van der Waals surface area contributed by atoms with E-state index in [-0.39, 0.29) is 0 Å². The molecule has 9 heteroatoms. The number of imidazole rings is 2. The Balaban J connectivity index is 0.823. The summed E-state index contributed by atoms with van der Waals surface area (Å²) >= 11 is 0. The zero-order chi connectivity index (χ0) is 62.0. The quantitative estimate of drug-likeness (QED) is 0.152. The minimum Gasteiger partial charge on any atom is -0.456 e. The lowest BCUT2D eigenvalue weighted by Crippen LogP contribution is -2.10. The summed E-state index contributed by atoms with van der Waals surface area (Å²) in [7, 11) is 0. The Bertz CT molecular complexity index is 5930. The van der Waals surface area contributed by atoms with Gasteiger partial charge in [0, 0.05) is 65.0 Å². The van der Waals surface area contributed by atoms with Crippen molar-refractivity contribution in [2.75, 3.05) is 0 Å². The fraction of sp³-hybridized carbons (Fsp3) is 0. The average Bonchev–Trinajstić information content (AvgIpc) is 1.60. The van der Waals surface area contributed by atoms with Crippen molar-refractivity contribution in [3.63, 3.8) is 0 Å². The molecule has 21 aromatic rings. The summed E-state index contributed by atoms with van der Waals surface area (Å²) in [5, 5.41) is 11.5. The van der Waals surface area contributed by atoms with E-state index in [1.165, 1.54) is 43.1 Å². The van der Waals surface area contributed by atoms with Crippen molar-refractivity contribution in [1.29, 1.82) is 0 Å². The molecule has 0 aliphatic carbocycles. The van der Waals surface area contributed by atoms with Crippen LogP contribution < -0.4 is 0 Å². The van der Waals surface area contributed by atoms with Crippen LogP contribution in [-0.2, 0) is 0 Å². The summed E-state index contributed by atoms with van der Waals surface area (Å²) in [6, 6.07) is 114. The van der Waals surface area contributed by atoms with Crippen LogP contribution in [0.1, 0.15) is 0 Å². The van der Waals surface area contributed by atoms with E-state index in [4.69, 9.17) is 14.4 Å². The number of hydrogen-bond acceptors (Lipinski definition) is 3. The second-order valence-electron chi connectivity index (χ2n) is 24.8. The van der Waals surface area contributed by atoms with Crippen molar-refractivity contribution < 1.29 is 4.42 Å². The minimum absolute atomic E-state index is 0.777. The van der Waals surface area contributed by atoms with E-state index in [1.807, 2.05) is 0 Å². The molecule has 0 N–H and O–H groups in total. The van der Waals surface area contributed by atoms with Crippen LogP contribution in [0.25, 0.3) is 188 Å². The first-order chi connectivity index (χ1) is 47.2. The van der Waals surface area contributed by atoms with Gasteiger partial charge in [-0.25, -0.2) is 9.97 Å². The number of para-hydroxylation sites is 14. The van der Waals surface area contributed by atoms with Crippen LogP contribution in [0.15, 0.2) is 320 Å². The molecule has 14 aromatic carbocycles. The van der Waals surface area contributed by atoms with Gasteiger partial charge < -0.3 is 22.7 Å². The highest BCUT2D eigenvalue weighted by Crippen LogP contribution is 2.46. The van der Waals surface area contributed by atoms with Gasteiger partial charge in [-0.2, -0.15) is 0 Å². The van der Waals surface area contributed by atoms with Gasteiger partial charge >= 0.3 is 0 Å². The highest BCUT2D eigenvalue weighted by atomic mass is 16.3. The Morgan fingerprint density at radius 1 is 0.200 bits per heavy atom. The third-order valence-corrected chi connectivity index (χ3v) is 19.8. The summed E-state index contributed by atoms with van der Waals surface area (Å²) in [5.41, 5.74) is 22.2. The summed E-state index contributed by atoms with van der Waals surface area (Å²) in [6.45, 7) is 0. The van der Waals surface area contributed by atoms with E-state index in [9.17, 15) is 0 Å². The maximum Gasteiger partial charge on any atom is 0.145 e. The molecule has 0 aliphatic heterocycles. The SMILES string of the molecule is c1cc(-n2c3ccccc3c3ccccc32)c(-n2c(-c3ccc4oc5ccc(-c6nc7ccccc7n6-c6c(-n7c8ccccc8c8ccccc87)cccc6-n6c7ccccc7c7ccccc76)cc5c4c3)nc3ccccc32)c(-n2c3ccccc3c3ccccc32)c1. The lowest BCUT2D eigenvalue weighted by molar-refractivity contribution is 0.669. The lowest BCUT2D eigenvalue weighted by atomic mass is 10.1. The lowest BCUT2D eigenvalue weighted by Gasteiger charge is -2.22. The van der Waals surface area contributed by atoms with Crippen molar-refractivity contribution >= 4 is 131 Å². The molecule has 442 valence electrons. The van der Waals surface area contributed by atoms with Gasteiger partial charge in [0.1, 0.15) is 22.8 Å². The Kier molecular flexibility index (Phi) is 10.8. The Morgan fingerprint density at radius 2 is 0.442 bits per heavy atom. The Morgan fingerprint density at radius 3 is 0.716 bits per heavy atom. The van der Waals surface area contributed by atoms with Crippen molar-refractivity contribution in [1.82, 2.24) is 37.4 Å². The van der Waals surface area contributed by atoms with E-state index < -0.39 is 0 Å². The highest BCUT2D eigenvalue weighted by molar-refractivity contribution is 6.15. The number of rotatable bonds is 8. The maximum atomic E-state index is 6.91. The highest BCUT2D eigenvalue weighted by Gasteiger charge is 2.29. The number of fused-ring (bicyclic) bond motifs is 17. The van der Waals surface area contributed by atoms with Crippen molar-refractivity contribution in [3.8, 4) is 56.9 Å². The van der Waals surface area contributed by atoms with Crippen molar-refractivity contribution in [2.24, 2.45) is 0 Å². The van der Waals surface area contributed by atoms with Crippen LogP contribution in [0, 0.1) is 0 Å². The van der Waals surface area contributed by atoms with Crippen molar-refractivity contribution in [2.45, 2.75) is 0 Å². The van der Waals surface area contributed by atoms with Crippen LogP contribution in [0.2, 0.25) is 0 Å². The monoisotopic (exact) mass is 1210 g/mol. The molecule has 7 heterocycles. The molecule has 0 unspecified atom stereocenters. The second kappa shape index (κ2) is 19.8. The smallest absolute Gasteiger partial charge is 0.145 e. The van der Waals surface area contributed by atoms with E-state index >= 15 is 0 Å². The van der Waals surface area contributed by atoms with Gasteiger partial charge in [-0.15, -0.1) is 0 Å². The number of benzene rings is 14. The summed E-state index contributed by atoms with van der Waals surface area (Å²) < 4.78 is 21.5. The number of hydrogen-bond donors (Lipinski definition) is 0. The van der Waals surface area contributed by atoms with E-state index in [0.717, 1.165) is 145 Å². The molecule has 7 aromatic heterocycles. The molecular formula is C86H52N8O. The van der Waals surface area contributed by atoms with Gasteiger partial charge in [0.05, 0.1) is 100 Å². The van der Waals surface area contributed by atoms with E-state index in [0.29, 0.717) is 0 Å². The first-order valence-corrected chi connectivity index (χ1v) is 32.3. The van der Waals surface area contributed by atoms with Crippen LogP contribution in [0.3, 0.4) is 0 Å². The fourth-order valence-electron chi connectivity index (χ4n) is 15.9. The van der Waals surface area contributed by atoms with Gasteiger partial charge in [0.2, 0.25) is 0 Å². The molecule has 0 saturated carbocycles. The third kappa shape index (κ3) is 7.31. The number of nitrogens with zero attached hydrogens (tertiary/aromatic N) is 8. The van der Waals surface area contributed by atoms with Gasteiger partial charge in [0.15, 0.2) is 0 Å². The van der Waals surface area contributed by atoms with Gasteiger partial charge in [-0.05, 0) is 133 Å². The molecule has 0 saturated heterocycles. The molecule has 0 spiro atoms. The molecule has 21 rings (SSSR count). The van der Waals surface area contributed by atoms with Gasteiger partial charge in [-0.1, -0.05) is 182 Å². The Hall–Kier alpha value is -13.0. The first-order valence-electron chi connectivity index (χ1n) is 32.3. The third-order valence-electron chi connectivity index (χ3n) is 19.8. The normalized spacial score (nSPS) is 12.2. The molecule has 0 bridgehead atoms. The van der Waals surface area contributed by atoms with Gasteiger partial charge in [0.25, 0.3) is 0 Å². The summed E-state index contributed by atoms with van der Waals surface area (Å²) in [4.78, 5) is 11.4. The van der Waals surface area contributed by atoms with Gasteiger partial charge in [-0.3, -0.25) is 9.13 Å². The minimum atomic E-state index is 0.777. The second-order valence-corrected chi connectivity index (χ2v) is 24.8. The largest absolute Gasteiger partial charge is 0.456 e. The standard InChI is InChI=1S/C86H52N8O/c1-11-33-67-55(23-1)56-24-2-12-34-68(56)89(67)77-43-21-44-78(90-69-35-13-3-25-57(69)58-26-4-14-36-70(58)90)83(77)93-75-41-19-9-31-65(75)87-85(93)53-47-49-81-63(51-53)64-52-54(48-50-82(64)95-81)86-88-66-32-10-20-42-76(66)94(86)84-79(91-71-37-15-5-27-59(71)60-28-6-16-38-72(60)91)45-22-46-80(84)92-73-39-17-7-29-61(73)62-30-8-18-40-74(62)92/h1-52H. The first kappa shape index (κ1) is 51.7. The van der Waals surface area contributed by atoms with Crippen LogP contribution in [0.5, 0.6) is 0 Å². The number of aromatic nitrogens is 8. The fourth-order valence-corrected chi connectivity index (χ4v) is 15.9. The zero-order valence-electron chi connectivity index (χ0n) is 51.0. The van der Waals surface area contributed by atoms with Crippen LogP contribution >= 0.6 is 0 Å². The predicted molar refractivity (Wildman–Crippen MR) is 391 cm³/mol. The van der Waals surface area contributed by atoms with Crippen molar-refractivity contribution in [3.05, 3.63) is 315 Å². The molecule has 0 aliphatic rings. The zero-order valence-corrected chi connectivity index (χ0v) is 51.0. The molecule has 9 nitrogen and oxygen atoms in total. The van der Waals surface area contributed by atoms with Crippen LogP contribution in [-0.4, -0.2) is 37.4 Å². The predicted octanol–water partition coefficient (Wildman–Crippen LogP) is 22.0. The maximum absolute atomic E-state index is 6.91. The number of furan rings is 1. The molecule has 0 amide bonds. The topological polar surface area (TPSA) is 68.5 Å². The molecular weight excluding hydrogens is 1160 g/mol.